The van der Waals surface area contributed by atoms with Crippen molar-refractivity contribution in [2.75, 3.05) is 6.61 Å². The first kappa shape index (κ1) is 15.4. The highest BCUT2D eigenvalue weighted by Gasteiger charge is 2.09. The van der Waals surface area contributed by atoms with E-state index in [0.29, 0.717) is 18.1 Å². The lowest BCUT2D eigenvalue weighted by atomic mass is 10.1. The van der Waals surface area contributed by atoms with Gasteiger partial charge in [0, 0.05) is 5.56 Å². The summed E-state index contributed by atoms with van der Waals surface area (Å²) < 4.78 is 10.3. The minimum absolute atomic E-state index is 0.160. The molecule has 0 saturated heterocycles. The molecule has 0 unspecified atom stereocenters. The van der Waals surface area contributed by atoms with E-state index >= 15 is 0 Å². The number of aldehydes is 2. The van der Waals surface area contributed by atoms with Crippen molar-refractivity contribution in [2.24, 2.45) is 0 Å². The zero-order valence-corrected chi connectivity index (χ0v) is 11.7. The summed E-state index contributed by atoms with van der Waals surface area (Å²) in [5.41, 5.74) is 1.45. The zero-order valence-electron chi connectivity index (χ0n) is 11.7. The smallest absolute Gasteiger partial charge is 0.344 e. The lowest BCUT2D eigenvalue weighted by Crippen LogP contribution is -2.15. The van der Waals surface area contributed by atoms with Gasteiger partial charge in [-0.15, -0.1) is 0 Å². The van der Waals surface area contributed by atoms with Crippen LogP contribution in [0.3, 0.4) is 0 Å². The average molecular weight is 298 g/mol. The molecule has 0 N–H and O–H groups in total. The van der Waals surface area contributed by atoms with Crippen LogP contribution in [0.1, 0.15) is 26.3 Å². The Balaban J connectivity index is 1.88. The molecular weight excluding hydrogens is 284 g/mol. The largest absolute Gasteiger partial charge is 0.481 e. The minimum atomic E-state index is -0.542. The van der Waals surface area contributed by atoms with Gasteiger partial charge in [0.15, 0.2) is 12.9 Å². The average Bonchev–Trinajstić information content (AvgIpc) is 2.58. The third-order valence-electron chi connectivity index (χ3n) is 2.89. The van der Waals surface area contributed by atoms with Gasteiger partial charge in [-0.3, -0.25) is 9.59 Å². The van der Waals surface area contributed by atoms with Gasteiger partial charge in [0.1, 0.15) is 18.6 Å². The molecule has 0 radical (unpaired) electrons. The summed E-state index contributed by atoms with van der Waals surface area (Å²) in [5.74, 6) is -0.308. The summed E-state index contributed by atoms with van der Waals surface area (Å²) in [7, 11) is 0. The van der Waals surface area contributed by atoms with Crippen LogP contribution < -0.4 is 4.74 Å². The van der Waals surface area contributed by atoms with Gasteiger partial charge in [-0.2, -0.15) is 0 Å². The lowest BCUT2D eigenvalue weighted by Gasteiger charge is -2.09. The first-order valence-electron chi connectivity index (χ1n) is 6.59. The molecule has 0 bridgehead atoms. The Morgan fingerprint density at radius 3 is 2.45 bits per heavy atom. The van der Waals surface area contributed by atoms with Gasteiger partial charge in [0.05, 0.1) is 5.56 Å². The molecule has 0 aliphatic carbocycles. The Kier molecular flexibility index (Phi) is 5.43. The van der Waals surface area contributed by atoms with E-state index in [0.717, 1.165) is 5.56 Å². The summed E-state index contributed by atoms with van der Waals surface area (Å²) in [4.78, 5) is 33.2. The van der Waals surface area contributed by atoms with Crippen LogP contribution in [0, 0.1) is 0 Å². The molecule has 2 aromatic carbocycles. The van der Waals surface area contributed by atoms with Crippen LogP contribution in [0.4, 0.5) is 0 Å². The maximum absolute atomic E-state index is 11.6. The summed E-state index contributed by atoms with van der Waals surface area (Å²) in [6.07, 6.45) is 1.20. The maximum atomic E-state index is 11.6. The summed E-state index contributed by atoms with van der Waals surface area (Å²) in [6.45, 7) is -0.151. The maximum Gasteiger partial charge on any atom is 0.344 e. The van der Waals surface area contributed by atoms with Crippen molar-refractivity contribution in [3.05, 3.63) is 65.2 Å². The summed E-state index contributed by atoms with van der Waals surface area (Å²) in [6, 6.07) is 13.6. The molecule has 5 heteroatoms. The second-order valence-electron chi connectivity index (χ2n) is 4.47. The molecule has 0 amide bonds. The van der Waals surface area contributed by atoms with Gasteiger partial charge in [0.25, 0.3) is 0 Å². The SMILES string of the molecule is O=Cc1ccc(OCC(=O)OCc2ccccc2)c(C=O)c1. The normalized spacial score (nSPS) is 9.82. The van der Waals surface area contributed by atoms with Crippen molar-refractivity contribution in [1.82, 2.24) is 0 Å². The van der Waals surface area contributed by atoms with Gasteiger partial charge in [0.2, 0.25) is 0 Å². The van der Waals surface area contributed by atoms with E-state index in [-0.39, 0.29) is 24.5 Å². The molecule has 5 nitrogen and oxygen atoms in total. The third-order valence-corrected chi connectivity index (χ3v) is 2.89. The first-order chi connectivity index (χ1) is 10.7. The number of benzene rings is 2. The predicted molar refractivity (Wildman–Crippen MR) is 79.0 cm³/mol. The van der Waals surface area contributed by atoms with Crippen molar-refractivity contribution >= 4 is 18.5 Å². The first-order valence-corrected chi connectivity index (χ1v) is 6.59. The molecule has 0 heterocycles. The fourth-order valence-corrected chi connectivity index (χ4v) is 1.78. The van der Waals surface area contributed by atoms with Crippen molar-refractivity contribution in [2.45, 2.75) is 6.61 Å². The Morgan fingerprint density at radius 1 is 1.00 bits per heavy atom. The van der Waals surface area contributed by atoms with Gasteiger partial charge < -0.3 is 9.47 Å². The zero-order chi connectivity index (χ0) is 15.8. The summed E-state index contributed by atoms with van der Waals surface area (Å²) >= 11 is 0. The predicted octanol–water partition coefficient (Wildman–Crippen LogP) is 2.43. The van der Waals surface area contributed by atoms with Crippen molar-refractivity contribution in [3.63, 3.8) is 0 Å². The van der Waals surface area contributed by atoms with E-state index in [4.69, 9.17) is 9.47 Å². The minimum Gasteiger partial charge on any atom is -0.481 e. The highest BCUT2D eigenvalue weighted by molar-refractivity contribution is 5.85. The van der Waals surface area contributed by atoms with E-state index in [1.807, 2.05) is 30.3 Å². The highest BCUT2D eigenvalue weighted by Crippen LogP contribution is 2.17. The summed E-state index contributed by atoms with van der Waals surface area (Å²) in [5, 5.41) is 0. The molecule has 0 aliphatic heterocycles. The number of hydrogen-bond acceptors (Lipinski definition) is 5. The molecule has 2 aromatic rings. The Labute approximate surface area is 127 Å². The van der Waals surface area contributed by atoms with E-state index in [2.05, 4.69) is 0 Å². The van der Waals surface area contributed by atoms with E-state index in [1.165, 1.54) is 18.2 Å². The third kappa shape index (κ3) is 4.28. The number of hydrogen-bond donors (Lipinski definition) is 0. The number of rotatable bonds is 7. The molecule has 112 valence electrons. The highest BCUT2D eigenvalue weighted by atomic mass is 16.6. The van der Waals surface area contributed by atoms with Crippen LogP contribution in [-0.4, -0.2) is 25.1 Å². The van der Waals surface area contributed by atoms with Crippen LogP contribution in [0.15, 0.2) is 48.5 Å². The van der Waals surface area contributed by atoms with Crippen LogP contribution in [0.2, 0.25) is 0 Å². The Bertz CT molecular complexity index is 664. The number of carbonyl (C=O) groups excluding carboxylic acids is 3. The molecular formula is C17H14O5. The lowest BCUT2D eigenvalue weighted by molar-refractivity contribution is -0.147. The molecule has 0 spiro atoms. The van der Waals surface area contributed by atoms with Crippen LogP contribution >= 0.6 is 0 Å². The van der Waals surface area contributed by atoms with Crippen LogP contribution in [-0.2, 0) is 16.1 Å². The van der Waals surface area contributed by atoms with Crippen molar-refractivity contribution in [3.8, 4) is 5.75 Å². The fraction of sp³-hybridized carbons (Fsp3) is 0.118. The second kappa shape index (κ2) is 7.73. The van der Waals surface area contributed by atoms with Gasteiger partial charge in [-0.05, 0) is 23.8 Å². The number of esters is 1. The molecule has 0 aliphatic rings. The van der Waals surface area contributed by atoms with Crippen LogP contribution in [0.5, 0.6) is 5.75 Å². The standard InChI is InChI=1S/C17H14O5/c18-9-14-6-7-16(15(8-14)10-19)21-12-17(20)22-11-13-4-2-1-3-5-13/h1-10H,11-12H2. The van der Waals surface area contributed by atoms with E-state index in [1.54, 1.807) is 0 Å². The Morgan fingerprint density at radius 2 is 1.77 bits per heavy atom. The molecule has 0 aromatic heterocycles. The van der Waals surface area contributed by atoms with Crippen LogP contribution in [0.25, 0.3) is 0 Å². The molecule has 2 rings (SSSR count). The Hall–Kier alpha value is -2.95. The quantitative estimate of drug-likeness (QED) is 0.580. The number of carbonyl (C=O) groups is 3. The van der Waals surface area contributed by atoms with Gasteiger partial charge in [-0.1, -0.05) is 30.3 Å². The molecule has 0 atom stereocenters. The number of ether oxygens (including phenoxy) is 2. The van der Waals surface area contributed by atoms with E-state index < -0.39 is 5.97 Å². The van der Waals surface area contributed by atoms with Crippen molar-refractivity contribution < 1.29 is 23.9 Å². The van der Waals surface area contributed by atoms with Crippen molar-refractivity contribution in [1.29, 1.82) is 0 Å². The van der Waals surface area contributed by atoms with Gasteiger partial charge in [-0.25, -0.2) is 4.79 Å². The molecule has 0 fully saturated rings. The molecule has 22 heavy (non-hydrogen) atoms. The van der Waals surface area contributed by atoms with E-state index in [9.17, 15) is 14.4 Å². The second-order valence-corrected chi connectivity index (χ2v) is 4.47. The monoisotopic (exact) mass is 298 g/mol. The molecule has 0 saturated carbocycles. The van der Waals surface area contributed by atoms with Gasteiger partial charge >= 0.3 is 5.97 Å². The topological polar surface area (TPSA) is 69.7 Å². The fourth-order valence-electron chi connectivity index (χ4n) is 1.78.